The van der Waals surface area contributed by atoms with Crippen LogP contribution in [-0.4, -0.2) is 15.0 Å². The van der Waals surface area contributed by atoms with Crippen LogP contribution < -0.4 is 0 Å². The molecular weight excluding hydrogens is 703 g/mol. The zero-order chi connectivity index (χ0) is 37.0. The molecule has 0 unspecified atom stereocenters. The quantitative estimate of drug-likeness (QED) is 0.171. The molecule has 11 aromatic rings. The lowest BCUT2D eigenvalue weighted by atomic mass is 9.94. The molecule has 0 atom stereocenters. The molecule has 5 heteroatoms. The topological polar surface area (TPSA) is 51.8 Å². The maximum atomic E-state index is 6.70. The van der Waals surface area contributed by atoms with E-state index in [0.717, 1.165) is 55.3 Å². The highest BCUT2D eigenvalue weighted by Gasteiger charge is 2.19. The molecule has 0 saturated carbocycles. The second kappa shape index (κ2) is 13.3. The van der Waals surface area contributed by atoms with Crippen molar-refractivity contribution in [2.24, 2.45) is 0 Å². The maximum Gasteiger partial charge on any atom is 0.167 e. The summed E-state index contributed by atoms with van der Waals surface area (Å²) in [5.41, 5.74) is 11.2. The first-order valence-electron chi connectivity index (χ1n) is 18.7. The Kier molecular flexibility index (Phi) is 7.64. The second-order valence-electron chi connectivity index (χ2n) is 14.0. The van der Waals surface area contributed by atoms with Gasteiger partial charge in [0.2, 0.25) is 0 Å². The number of hydrogen-bond acceptors (Lipinski definition) is 5. The van der Waals surface area contributed by atoms with E-state index in [4.69, 9.17) is 19.4 Å². The Morgan fingerprint density at radius 3 is 1.75 bits per heavy atom. The first kappa shape index (κ1) is 32.2. The van der Waals surface area contributed by atoms with Gasteiger partial charge in [0.15, 0.2) is 17.5 Å². The van der Waals surface area contributed by atoms with Gasteiger partial charge in [-0.2, -0.15) is 0 Å². The molecule has 8 aromatic carbocycles. The highest BCUT2D eigenvalue weighted by molar-refractivity contribution is 7.26. The Hall–Kier alpha value is -7.21. The predicted molar refractivity (Wildman–Crippen MR) is 233 cm³/mol. The fourth-order valence-corrected chi connectivity index (χ4v) is 9.00. The van der Waals surface area contributed by atoms with Gasteiger partial charge in [-0.1, -0.05) is 146 Å². The van der Waals surface area contributed by atoms with Gasteiger partial charge in [-0.25, -0.2) is 15.0 Å². The van der Waals surface area contributed by atoms with E-state index in [1.54, 1.807) is 0 Å². The zero-order valence-corrected chi connectivity index (χ0v) is 30.9. The van der Waals surface area contributed by atoms with Crippen LogP contribution in [0, 0.1) is 0 Å². The Bertz CT molecular complexity index is 3240. The molecule has 0 aliphatic rings. The fraction of sp³-hybridized carbons (Fsp3) is 0. The van der Waals surface area contributed by atoms with Crippen LogP contribution in [0.1, 0.15) is 0 Å². The van der Waals surface area contributed by atoms with Crippen LogP contribution in [0.3, 0.4) is 0 Å². The molecular formula is C51H31N3OS. The van der Waals surface area contributed by atoms with Crippen LogP contribution >= 0.6 is 11.3 Å². The normalized spacial score (nSPS) is 11.6. The van der Waals surface area contributed by atoms with Crippen molar-refractivity contribution in [3.63, 3.8) is 0 Å². The third-order valence-corrected chi connectivity index (χ3v) is 11.6. The summed E-state index contributed by atoms with van der Waals surface area (Å²) >= 11 is 1.85. The third-order valence-electron chi connectivity index (χ3n) is 10.5. The van der Waals surface area contributed by atoms with Gasteiger partial charge in [0.1, 0.15) is 11.2 Å². The van der Waals surface area contributed by atoms with E-state index < -0.39 is 0 Å². The molecule has 11 rings (SSSR count). The molecule has 3 heterocycles. The van der Waals surface area contributed by atoms with E-state index in [9.17, 15) is 0 Å². The van der Waals surface area contributed by atoms with Crippen molar-refractivity contribution >= 4 is 53.4 Å². The molecule has 0 saturated heterocycles. The van der Waals surface area contributed by atoms with Crippen molar-refractivity contribution in [2.75, 3.05) is 0 Å². The molecule has 0 spiro atoms. The van der Waals surface area contributed by atoms with Gasteiger partial charge in [0.05, 0.1) is 5.56 Å². The lowest BCUT2D eigenvalue weighted by molar-refractivity contribution is 0.669. The molecule has 3 aromatic heterocycles. The molecule has 0 N–H and O–H groups in total. The number of hydrogen-bond donors (Lipinski definition) is 0. The van der Waals surface area contributed by atoms with Gasteiger partial charge >= 0.3 is 0 Å². The first-order chi connectivity index (χ1) is 27.7. The minimum atomic E-state index is 0.562. The maximum absolute atomic E-state index is 6.70. The molecule has 0 fully saturated rings. The summed E-state index contributed by atoms with van der Waals surface area (Å²) in [7, 11) is 0. The lowest BCUT2D eigenvalue weighted by Crippen LogP contribution is -2.00. The lowest BCUT2D eigenvalue weighted by Gasteiger charge is -2.10. The third kappa shape index (κ3) is 5.56. The molecule has 0 aliphatic carbocycles. The predicted octanol–water partition coefficient (Wildman–Crippen LogP) is 14.1. The molecule has 0 amide bonds. The Morgan fingerprint density at radius 2 is 0.946 bits per heavy atom. The molecule has 56 heavy (non-hydrogen) atoms. The standard InChI is InChI=1S/C51H31N3OS/c1-4-14-32(15-5-1)35-20-12-21-37(28-35)50-52-49(34-18-8-3-9-19-34)53-51(54-50)41-24-13-23-39-43-29-36(26-27-44(43)55-48(39)41)38-30-42(33-16-6-2-7-17-33)47-40-22-10-11-25-45(40)56-46(47)31-38/h1-31H. The van der Waals surface area contributed by atoms with Crippen LogP contribution in [-0.2, 0) is 0 Å². The Morgan fingerprint density at radius 1 is 0.339 bits per heavy atom. The average Bonchev–Trinajstić information content (AvgIpc) is 3.85. The Labute approximate surface area is 327 Å². The summed E-state index contributed by atoms with van der Waals surface area (Å²) in [6.45, 7) is 0. The fourth-order valence-electron chi connectivity index (χ4n) is 7.83. The summed E-state index contributed by atoms with van der Waals surface area (Å²) in [6.07, 6.45) is 0. The van der Waals surface area contributed by atoms with Crippen LogP contribution in [0.25, 0.3) is 110 Å². The van der Waals surface area contributed by atoms with Crippen molar-refractivity contribution in [2.45, 2.75) is 0 Å². The average molecular weight is 734 g/mol. The number of aromatic nitrogens is 3. The minimum absolute atomic E-state index is 0.562. The van der Waals surface area contributed by atoms with E-state index in [1.165, 1.54) is 36.9 Å². The smallest absolute Gasteiger partial charge is 0.167 e. The van der Waals surface area contributed by atoms with E-state index >= 15 is 0 Å². The zero-order valence-electron chi connectivity index (χ0n) is 30.1. The van der Waals surface area contributed by atoms with Crippen LogP contribution in [0.2, 0.25) is 0 Å². The molecule has 262 valence electrons. The van der Waals surface area contributed by atoms with Crippen molar-refractivity contribution < 1.29 is 4.42 Å². The number of thiophene rings is 1. The summed E-state index contributed by atoms with van der Waals surface area (Å²) in [4.78, 5) is 15.2. The van der Waals surface area contributed by atoms with E-state index in [0.29, 0.717) is 17.5 Å². The van der Waals surface area contributed by atoms with E-state index in [-0.39, 0.29) is 0 Å². The number of nitrogens with zero attached hydrogens (tertiary/aromatic N) is 3. The number of rotatable bonds is 6. The van der Waals surface area contributed by atoms with Crippen molar-refractivity contribution in [1.82, 2.24) is 15.0 Å². The van der Waals surface area contributed by atoms with Crippen LogP contribution in [0.5, 0.6) is 0 Å². The molecule has 0 bridgehead atoms. The summed E-state index contributed by atoms with van der Waals surface area (Å²) < 4.78 is 9.27. The van der Waals surface area contributed by atoms with E-state index in [1.807, 2.05) is 53.8 Å². The van der Waals surface area contributed by atoms with Gasteiger partial charge < -0.3 is 4.42 Å². The second-order valence-corrected chi connectivity index (χ2v) is 15.1. The Balaban J connectivity index is 1.07. The van der Waals surface area contributed by atoms with Crippen molar-refractivity contribution in [3.05, 3.63) is 188 Å². The number of benzene rings is 8. The van der Waals surface area contributed by atoms with Crippen molar-refractivity contribution in [3.8, 4) is 67.5 Å². The van der Waals surface area contributed by atoms with Gasteiger partial charge in [0, 0.05) is 42.1 Å². The molecule has 0 radical (unpaired) electrons. The summed E-state index contributed by atoms with van der Waals surface area (Å²) in [6, 6.07) is 65.7. The van der Waals surface area contributed by atoms with Crippen LogP contribution in [0.15, 0.2) is 192 Å². The van der Waals surface area contributed by atoms with Gasteiger partial charge in [0.25, 0.3) is 0 Å². The van der Waals surface area contributed by atoms with Gasteiger partial charge in [-0.15, -0.1) is 11.3 Å². The molecule has 4 nitrogen and oxygen atoms in total. The number of fused-ring (bicyclic) bond motifs is 6. The van der Waals surface area contributed by atoms with E-state index in [2.05, 4.69) is 146 Å². The van der Waals surface area contributed by atoms with Gasteiger partial charge in [-0.3, -0.25) is 0 Å². The first-order valence-corrected chi connectivity index (χ1v) is 19.5. The summed E-state index contributed by atoms with van der Waals surface area (Å²) in [5.74, 6) is 1.77. The minimum Gasteiger partial charge on any atom is -0.455 e. The number of furan rings is 1. The van der Waals surface area contributed by atoms with Gasteiger partial charge in [-0.05, 0) is 75.8 Å². The van der Waals surface area contributed by atoms with Crippen molar-refractivity contribution in [1.29, 1.82) is 0 Å². The monoisotopic (exact) mass is 733 g/mol. The summed E-state index contributed by atoms with van der Waals surface area (Å²) in [5, 5.41) is 4.66. The van der Waals surface area contributed by atoms with Crippen LogP contribution in [0.4, 0.5) is 0 Å². The molecule has 0 aliphatic heterocycles. The largest absolute Gasteiger partial charge is 0.455 e. The number of para-hydroxylation sites is 1. The SMILES string of the molecule is c1ccc(-c2cccc(-c3nc(-c4ccccc4)nc(-c4cccc5c4oc4ccc(-c6cc(-c7ccccc7)c7c(c6)sc6ccccc67)cc45)n3)c2)cc1. The highest BCUT2D eigenvalue weighted by Crippen LogP contribution is 2.44. The highest BCUT2D eigenvalue weighted by atomic mass is 32.1.